The van der Waals surface area contributed by atoms with Crippen molar-refractivity contribution in [3.63, 3.8) is 0 Å². The number of carbonyl (C=O) groups is 1. The Balaban J connectivity index is 2.47. The molecule has 2 aromatic rings. The average molecular weight is 247 g/mol. The Morgan fingerprint density at radius 3 is 2.72 bits per heavy atom. The van der Waals surface area contributed by atoms with Crippen molar-refractivity contribution in [3.8, 4) is 11.5 Å². The van der Waals surface area contributed by atoms with Crippen molar-refractivity contribution in [2.24, 2.45) is 5.92 Å². The molecule has 0 bridgehead atoms. The largest absolute Gasteiger partial charge is 0.480 e. The third kappa shape index (κ3) is 2.20. The van der Waals surface area contributed by atoms with E-state index in [2.05, 4.69) is 20.5 Å². The number of pyridine rings is 1. The number of carboxylic acid groups (broad SMARTS) is 1. The highest BCUT2D eigenvalue weighted by atomic mass is 16.4. The average Bonchev–Trinajstić information content (AvgIpc) is 2.78. The Labute approximate surface area is 103 Å². The third-order valence-electron chi connectivity index (χ3n) is 2.53. The van der Waals surface area contributed by atoms with Crippen LogP contribution in [0.15, 0.2) is 24.4 Å². The van der Waals surface area contributed by atoms with Crippen molar-refractivity contribution in [2.45, 2.75) is 19.9 Å². The number of hydrogen-bond acceptors (Lipinski definition) is 5. The minimum absolute atomic E-state index is 0.131. The molecule has 0 aliphatic heterocycles. The van der Waals surface area contributed by atoms with Gasteiger partial charge in [-0.05, 0) is 28.5 Å². The van der Waals surface area contributed by atoms with Crippen LogP contribution < -0.4 is 0 Å². The number of aliphatic carboxylic acids is 1. The van der Waals surface area contributed by atoms with Crippen LogP contribution in [-0.4, -0.2) is 36.3 Å². The molecule has 0 aromatic carbocycles. The van der Waals surface area contributed by atoms with Gasteiger partial charge in [-0.2, -0.15) is 0 Å². The van der Waals surface area contributed by atoms with Crippen LogP contribution in [0.3, 0.4) is 0 Å². The first kappa shape index (κ1) is 12.2. The molecular formula is C11H13N5O2. The van der Waals surface area contributed by atoms with Crippen LogP contribution in [0.4, 0.5) is 0 Å². The summed E-state index contributed by atoms with van der Waals surface area (Å²) in [5.41, 5.74) is 0.550. The van der Waals surface area contributed by atoms with Gasteiger partial charge in [-0.3, -0.25) is 4.98 Å². The number of hydrogen-bond donors (Lipinski definition) is 1. The molecule has 1 unspecified atom stereocenters. The van der Waals surface area contributed by atoms with Crippen molar-refractivity contribution >= 4 is 5.97 Å². The number of aromatic nitrogens is 5. The lowest BCUT2D eigenvalue weighted by molar-refractivity contribution is -0.142. The monoisotopic (exact) mass is 247 g/mol. The first-order valence-corrected chi connectivity index (χ1v) is 5.53. The van der Waals surface area contributed by atoms with Crippen LogP contribution in [0.25, 0.3) is 11.5 Å². The second-order valence-corrected chi connectivity index (χ2v) is 4.19. The number of tetrazole rings is 1. The molecule has 2 rings (SSSR count). The maximum atomic E-state index is 11.3. The molecule has 7 nitrogen and oxygen atoms in total. The summed E-state index contributed by atoms with van der Waals surface area (Å²) < 4.78 is 1.30. The van der Waals surface area contributed by atoms with Crippen molar-refractivity contribution in [1.29, 1.82) is 0 Å². The quantitative estimate of drug-likeness (QED) is 0.866. The highest BCUT2D eigenvalue weighted by molar-refractivity contribution is 5.72. The standard InChI is InChI=1S/C11H13N5O2/c1-7(2)9(11(17)18)16-10(13-14-15-16)8-5-3-4-6-12-8/h3-7,9H,1-2H3,(H,17,18). The van der Waals surface area contributed by atoms with Gasteiger partial charge in [-0.25, -0.2) is 9.48 Å². The van der Waals surface area contributed by atoms with E-state index in [0.29, 0.717) is 11.5 Å². The second kappa shape index (κ2) is 4.91. The molecule has 0 aliphatic carbocycles. The van der Waals surface area contributed by atoms with E-state index in [4.69, 9.17) is 0 Å². The smallest absolute Gasteiger partial charge is 0.328 e. The highest BCUT2D eigenvalue weighted by Gasteiger charge is 2.28. The zero-order chi connectivity index (χ0) is 13.1. The fraction of sp³-hybridized carbons (Fsp3) is 0.364. The Morgan fingerprint density at radius 2 is 2.17 bits per heavy atom. The molecule has 0 radical (unpaired) electrons. The molecule has 7 heteroatoms. The molecule has 0 amide bonds. The zero-order valence-electron chi connectivity index (χ0n) is 10.1. The second-order valence-electron chi connectivity index (χ2n) is 4.19. The molecular weight excluding hydrogens is 234 g/mol. The van der Waals surface area contributed by atoms with Crippen LogP contribution >= 0.6 is 0 Å². The molecule has 0 saturated heterocycles. The van der Waals surface area contributed by atoms with Crippen molar-refractivity contribution in [3.05, 3.63) is 24.4 Å². The zero-order valence-corrected chi connectivity index (χ0v) is 10.1. The fourth-order valence-electron chi connectivity index (χ4n) is 1.72. The van der Waals surface area contributed by atoms with E-state index in [-0.39, 0.29) is 5.92 Å². The van der Waals surface area contributed by atoms with Crippen molar-refractivity contribution in [1.82, 2.24) is 25.2 Å². The van der Waals surface area contributed by atoms with E-state index in [9.17, 15) is 9.90 Å². The topological polar surface area (TPSA) is 93.8 Å². The number of carboxylic acids is 1. The van der Waals surface area contributed by atoms with Crippen LogP contribution in [-0.2, 0) is 4.79 Å². The minimum Gasteiger partial charge on any atom is -0.480 e. The molecule has 94 valence electrons. The number of nitrogens with zero attached hydrogens (tertiary/aromatic N) is 5. The van der Waals surface area contributed by atoms with Crippen molar-refractivity contribution < 1.29 is 9.90 Å². The Bertz CT molecular complexity index is 537. The van der Waals surface area contributed by atoms with E-state index < -0.39 is 12.0 Å². The first-order valence-electron chi connectivity index (χ1n) is 5.53. The van der Waals surface area contributed by atoms with Gasteiger partial charge in [0.2, 0.25) is 5.82 Å². The minimum atomic E-state index is -0.963. The summed E-state index contributed by atoms with van der Waals surface area (Å²) in [7, 11) is 0. The Hall–Kier alpha value is -2.31. The van der Waals surface area contributed by atoms with E-state index >= 15 is 0 Å². The summed E-state index contributed by atoms with van der Waals surface area (Å²) >= 11 is 0. The summed E-state index contributed by atoms with van der Waals surface area (Å²) in [5, 5.41) is 20.4. The van der Waals surface area contributed by atoms with Crippen molar-refractivity contribution in [2.75, 3.05) is 0 Å². The molecule has 0 spiro atoms. The summed E-state index contributed by atoms with van der Waals surface area (Å²) in [5.74, 6) is -0.736. The molecule has 1 N–H and O–H groups in total. The summed E-state index contributed by atoms with van der Waals surface area (Å²) in [6.45, 7) is 3.62. The van der Waals surface area contributed by atoms with Crippen LogP contribution in [0, 0.1) is 5.92 Å². The van der Waals surface area contributed by atoms with Gasteiger partial charge in [0.25, 0.3) is 0 Å². The summed E-state index contributed by atoms with van der Waals surface area (Å²) in [6, 6.07) is 4.50. The van der Waals surface area contributed by atoms with Crippen LogP contribution in [0.2, 0.25) is 0 Å². The summed E-state index contributed by atoms with van der Waals surface area (Å²) in [6.07, 6.45) is 1.61. The summed E-state index contributed by atoms with van der Waals surface area (Å²) in [4.78, 5) is 15.4. The molecule has 18 heavy (non-hydrogen) atoms. The molecule has 2 heterocycles. The van der Waals surface area contributed by atoms with E-state index in [0.717, 1.165) is 0 Å². The van der Waals surface area contributed by atoms with Gasteiger partial charge in [0, 0.05) is 6.20 Å². The van der Waals surface area contributed by atoms with Gasteiger partial charge in [0.05, 0.1) is 0 Å². The van der Waals surface area contributed by atoms with E-state index in [1.807, 2.05) is 13.8 Å². The Kier molecular flexibility index (Phi) is 3.31. The lowest BCUT2D eigenvalue weighted by Gasteiger charge is -2.16. The SMILES string of the molecule is CC(C)C(C(=O)O)n1nnnc1-c1ccccn1. The van der Waals surface area contributed by atoms with E-state index in [1.54, 1.807) is 24.4 Å². The highest BCUT2D eigenvalue weighted by Crippen LogP contribution is 2.22. The first-order chi connectivity index (χ1) is 8.61. The van der Waals surface area contributed by atoms with E-state index in [1.165, 1.54) is 4.68 Å². The predicted octanol–water partition coefficient (Wildman–Crippen LogP) is 1.02. The number of rotatable bonds is 4. The van der Waals surface area contributed by atoms with Gasteiger partial charge in [-0.15, -0.1) is 5.10 Å². The third-order valence-corrected chi connectivity index (χ3v) is 2.53. The maximum absolute atomic E-state index is 11.3. The van der Waals surface area contributed by atoms with Crippen LogP contribution in [0.1, 0.15) is 19.9 Å². The lowest BCUT2D eigenvalue weighted by Crippen LogP contribution is -2.26. The molecule has 2 aromatic heterocycles. The molecule has 0 fully saturated rings. The van der Waals surface area contributed by atoms with Gasteiger partial charge in [0.1, 0.15) is 5.69 Å². The maximum Gasteiger partial charge on any atom is 0.328 e. The fourth-order valence-corrected chi connectivity index (χ4v) is 1.72. The van der Waals surface area contributed by atoms with Gasteiger partial charge in [-0.1, -0.05) is 19.9 Å². The lowest BCUT2D eigenvalue weighted by atomic mass is 10.0. The normalized spacial score (nSPS) is 12.6. The van der Waals surface area contributed by atoms with Crippen LogP contribution in [0.5, 0.6) is 0 Å². The molecule has 0 aliphatic rings. The Morgan fingerprint density at radius 1 is 1.39 bits per heavy atom. The molecule has 1 atom stereocenters. The van der Waals surface area contributed by atoms with Gasteiger partial charge < -0.3 is 5.11 Å². The van der Waals surface area contributed by atoms with Gasteiger partial charge in [0.15, 0.2) is 6.04 Å². The predicted molar refractivity (Wildman–Crippen MR) is 62.6 cm³/mol. The van der Waals surface area contributed by atoms with Gasteiger partial charge >= 0.3 is 5.97 Å². The molecule has 0 saturated carbocycles.